The molecule has 0 aliphatic rings. The van der Waals surface area contributed by atoms with Gasteiger partial charge >= 0.3 is 0 Å². The van der Waals surface area contributed by atoms with Crippen LogP contribution in [0.4, 0.5) is 0 Å². The van der Waals surface area contributed by atoms with Crippen molar-refractivity contribution < 1.29 is 5.11 Å². The first-order valence-corrected chi connectivity index (χ1v) is 4.85. The van der Waals surface area contributed by atoms with Gasteiger partial charge in [0.25, 0.3) is 0 Å². The van der Waals surface area contributed by atoms with Gasteiger partial charge in [-0.2, -0.15) is 0 Å². The van der Waals surface area contributed by atoms with E-state index in [0.29, 0.717) is 0 Å². The molecule has 0 atom stereocenters. The Labute approximate surface area is 88.2 Å². The van der Waals surface area contributed by atoms with Gasteiger partial charge in [-0.1, -0.05) is 36.4 Å². The summed E-state index contributed by atoms with van der Waals surface area (Å²) in [4.78, 5) is 3.38. The minimum atomic E-state index is 1.00. The van der Waals surface area contributed by atoms with E-state index in [-0.39, 0.29) is 0 Å². The Hall–Kier alpha value is -1.80. The van der Waals surface area contributed by atoms with Gasteiger partial charge in [0, 0.05) is 28.9 Å². The molecule has 0 aliphatic carbocycles. The molecule has 0 saturated carbocycles. The summed E-state index contributed by atoms with van der Waals surface area (Å²) in [6.45, 7) is 0. The van der Waals surface area contributed by atoms with Crippen LogP contribution in [0.3, 0.4) is 0 Å². The van der Waals surface area contributed by atoms with Crippen molar-refractivity contribution in [2.75, 3.05) is 7.11 Å². The van der Waals surface area contributed by atoms with E-state index in [2.05, 4.69) is 53.5 Å². The molecule has 0 unspecified atom stereocenters. The Morgan fingerprint density at radius 2 is 1.13 bits per heavy atom. The number of fused-ring (bicyclic) bond motifs is 3. The Balaban J connectivity index is 0.000000404. The molecule has 0 radical (unpaired) electrons. The van der Waals surface area contributed by atoms with Crippen LogP contribution < -0.4 is 0 Å². The van der Waals surface area contributed by atoms with E-state index >= 15 is 0 Å². The third kappa shape index (κ3) is 1.60. The van der Waals surface area contributed by atoms with Crippen molar-refractivity contribution in [3.05, 3.63) is 48.5 Å². The lowest BCUT2D eigenvalue weighted by molar-refractivity contribution is 0.399. The highest BCUT2D eigenvalue weighted by molar-refractivity contribution is 6.06. The third-order valence-corrected chi connectivity index (χ3v) is 2.41. The van der Waals surface area contributed by atoms with E-state index in [1.165, 1.54) is 21.8 Å². The average Bonchev–Trinajstić information content (AvgIpc) is 2.70. The molecule has 0 aliphatic heterocycles. The number of nitrogens with one attached hydrogen (secondary N) is 1. The quantitative estimate of drug-likeness (QED) is 0.573. The van der Waals surface area contributed by atoms with Crippen LogP contribution in [0.15, 0.2) is 48.5 Å². The second-order valence-electron chi connectivity index (χ2n) is 3.22. The number of aromatic amines is 1. The summed E-state index contributed by atoms with van der Waals surface area (Å²) in [7, 11) is 1.00. The predicted octanol–water partition coefficient (Wildman–Crippen LogP) is 2.93. The highest BCUT2D eigenvalue weighted by Gasteiger charge is 2.00. The molecular weight excluding hydrogens is 186 g/mol. The van der Waals surface area contributed by atoms with E-state index in [4.69, 9.17) is 5.11 Å². The standard InChI is InChI=1S/C12H9N.CH4O/c1-3-7-11-9(5-1)10-6-2-4-8-12(10)13-11;1-2/h1-8,13H;2H,1H3. The number of H-pyrrole nitrogens is 1. The van der Waals surface area contributed by atoms with Crippen LogP contribution in [-0.2, 0) is 0 Å². The maximum absolute atomic E-state index is 7.00. The molecule has 3 rings (SSSR count). The van der Waals surface area contributed by atoms with E-state index in [0.717, 1.165) is 7.11 Å². The van der Waals surface area contributed by atoms with Crippen molar-refractivity contribution in [2.24, 2.45) is 0 Å². The SMILES string of the molecule is CO.c1ccc2c(c1)[nH]c1ccccc12. The molecule has 2 heteroatoms. The molecule has 3 aromatic rings. The molecule has 0 bridgehead atoms. The van der Waals surface area contributed by atoms with Gasteiger partial charge in [0.2, 0.25) is 0 Å². The number of hydrogen-bond acceptors (Lipinski definition) is 1. The van der Waals surface area contributed by atoms with Crippen LogP contribution in [0.5, 0.6) is 0 Å². The highest BCUT2D eigenvalue weighted by atomic mass is 16.2. The topological polar surface area (TPSA) is 36.0 Å². The van der Waals surface area contributed by atoms with Gasteiger partial charge in [-0.25, -0.2) is 0 Å². The van der Waals surface area contributed by atoms with Crippen LogP contribution in [-0.4, -0.2) is 17.2 Å². The summed E-state index contributed by atoms with van der Waals surface area (Å²) in [6, 6.07) is 16.8. The lowest BCUT2D eigenvalue weighted by Gasteiger charge is -1.87. The summed E-state index contributed by atoms with van der Waals surface area (Å²) < 4.78 is 0. The van der Waals surface area contributed by atoms with Crippen LogP contribution in [0.2, 0.25) is 0 Å². The van der Waals surface area contributed by atoms with Gasteiger partial charge in [0.05, 0.1) is 0 Å². The second-order valence-corrected chi connectivity index (χ2v) is 3.22. The Morgan fingerprint density at radius 3 is 1.60 bits per heavy atom. The molecule has 1 aromatic heterocycles. The van der Waals surface area contributed by atoms with Crippen molar-refractivity contribution in [1.29, 1.82) is 0 Å². The maximum Gasteiger partial charge on any atom is 0.0464 e. The molecule has 0 fully saturated rings. The van der Waals surface area contributed by atoms with Crippen molar-refractivity contribution in [2.45, 2.75) is 0 Å². The summed E-state index contributed by atoms with van der Waals surface area (Å²) in [5.74, 6) is 0. The summed E-state index contributed by atoms with van der Waals surface area (Å²) in [5.41, 5.74) is 2.42. The third-order valence-electron chi connectivity index (χ3n) is 2.41. The van der Waals surface area contributed by atoms with Crippen LogP contribution >= 0.6 is 0 Å². The van der Waals surface area contributed by atoms with Gasteiger partial charge in [0.15, 0.2) is 0 Å². The smallest absolute Gasteiger partial charge is 0.0464 e. The van der Waals surface area contributed by atoms with Crippen molar-refractivity contribution in [1.82, 2.24) is 4.98 Å². The van der Waals surface area contributed by atoms with Gasteiger partial charge in [0.1, 0.15) is 0 Å². The zero-order valence-electron chi connectivity index (χ0n) is 8.57. The number of aromatic nitrogens is 1. The normalized spacial score (nSPS) is 10.0. The Bertz CT molecular complexity index is 518. The van der Waals surface area contributed by atoms with Gasteiger partial charge in [-0.15, -0.1) is 0 Å². The first-order chi connectivity index (χ1) is 7.45. The van der Waals surface area contributed by atoms with E-state index in [9.17, 15) is 0 Å². The zero-order chi connectivity index (χ0) is 10.7. The highest BCUT2D eigenvalue weighted by Crippen LogP contribution is 2.24. The van der Waals surface area contributed by atoms with Gasteiger partial charge in [-0.05, 0) is 12.1 Å². The van der Waals surface area contributed by atoms with Crippen molar-refractivity contribution in [3.63, 3.8) is 0 Å². The molecule has 2 nitrogen and oxygen atoms in total. The summed E-state index contributed by atoms with van der Waals surface area (Å²) in [5, 5.41) is 9.61. The lowest BCUT2D eigenvalue weighted by atomic mass is 10.2. The van der Waals surface area contributed by atoms with E-state index in [1.54, 1.807) is 0 Å². The monoisotopic (exact) mass is 199 g/mol. The van der Waals surface area contributed by atoms with Crippen LogP contribution in [0.25, 0.3) is 21.8 Å². The maximum atomic E-state index is 7.00. The van der Waals surface area contributed by atoms with Gasteiger partial charge in [-0.3, -0.25) is 0 Å². The molecule has 15 heavy (non-hydrogen) atoms. The molecule has 0 saturated heterocycles. The van der Waals surface area contributed by atoms with Crippen LogP contribution in [0.1, 0.15) is 0 Å². The number of rotatable bonds is 0. The fourth-order valence-electron chi connectivity index (χ4n) is 1.80. The molecule has 2 N–H and O–H groups in total. The van der Waals surface area contributed by atoms with Crippen LogP contribution in [0, 0.1) is 0 Å². The molecule has 76 valence electrons. The summed E-state index contributed by atoms with van der Waals surface area (Å²) in [6.07, 6.45) is 0. The molecule has 0 spiro atoms. The fourth-order valence-corrected chi connectivity index (χ4v) is 1.80. The molecule has 0 amide bonds. The van der Waals surface area contributed by atoms with Crippen molar-refractivity contribution in [3.8, 4) is 0 Å². The number of aliphatic hydroxyl groups excluding tert-OH is 1. The van der Waals surface area contributed by atoms with E-state index in [1.807, 2.05) is 0 Å². The fraction of sp³-hybridized carbons (Fsp3) is 0.0769. The number of aliphatic hydroxyl groups is 1. The number of benzene rings is 2. The summed E-state index contributed by atoms with van der Waals surface area (Å²) >= 11 is 0. The first kappa shape index (κ1) is 9.74. The Kier molecular flexibility index (Phi) is 2.70. The first-order valence-electron chi connectivity index (χ1n) is 4.85. The lowest BCUT2D eigenvalue weighted by Crippen LogP contribution is -1.62. The molecule has 1 heterocycles. The van der Waals surface area contributed by atoms with Gasteiger partial charge < -0.3 is 10.1 Å². The number of para-hydroxylation sites is 2. The second kappa shape index (κ2) is 4.15. The van der Waals surface area contributed by atoms with Crippen molar-refractivity contribution >= 4 is 21.8 Å². The largest absolute Gasteiger partial charge is 0.400 e. The minimum Gasteiger partial charge on any atom is -0.400 e. The van der Waals surface area contributed by atoms with E-state index < -0.39 is 0 Å². The Morgan fingerprint density at radius 1 is 0.733 bits per heavy atom. The molecule has 2 aromatic carbocycles. The average molecular weight is 199 g/mol. The number of hydrogen-bond donors (Lipinski definition) is 2. The zero-order valence-corrected chi connectivity index (χ0v) is 8.57. The predicted molar refractivity (Wildman–Crippen MR) is 63.9 cm³/mol. The minimum absolute atomic E-state index is 1.00. The molecular formula is C13H13NO.